The van der Waals surface area contributed by atoms with Gasteiger partial charge in [0.15, 0.2) is 0 Å². The van der Waals surface area contributed by atoms with E-state index in [2.05, 4.69) is 10.4 Å². The number of amides is 1. The molecule has 1 saturated carbocycles. The second-order valence-electron chi connectivity index (χ2n) is 6.55. The first-order valence-electron chi connectivity index (χ1n) is 8.16. The van der Waals surface area contributed by atoms with Crippen molar-refractivity contribution in [1.82, 2.24) is 15.1 Å². The number of nitrogens with one attached hydrogen (secondary N) is 1. The summed E-state index contributed by atoms with van der Waals surface area (Å²) in [6, 6.07) is 12.4. The molecule has 0 aliphatic heterocycles. The molecule has 1 atom stereocenters. The molecular formula is C18H23ClN4O2. The highest BCUT2D eigenvalue weighted by Crippen LogP contribution is 2.39. The van der Waals surface area contributed by atoms with Crippen LogP contribution in [0, 0.1) is 5.92 Å². The Morgan fingerprint density at radius 1 is 1.28 bits per heavy atom. The first-order chi connectivity index (χ1) is 11.5. The van der Waals surface area contributed by atoms with Crippen molar-refractivity contribution < 1.29 is 4.79 Å². The molecule has 0 spiro atoms. The summed E-state index contributed by atoms with van der Waals surface area (Å²) in [5.74, 6) is 0.123. The summed E-state index contributed by atoms with van der Waals surface area (Å²) in [7, 11) is 0. The highest BCUT2D eigenvalue weighted by atomic mass is 35.5. The lowest BCUT2D eigenvalue weighted by Crippen LogP contribution is -2.53. The molecule has 1 aromatic carbocycles. The molecule has 1 aliphatic rings. The van der Waals surface area contributed by atoms with E-state index in [1.165, 1.54) is 16.8 Å². The van der Waals surface area contributed by atoms with Crippen LogP contribution < -0.4 is 16.6 Å². The van der Waals surface area contributed by atoms with Gasteiger partial charge in [-0.05, 0) is 37.3 Å². The van der Waals surface area contributed by atoms with E-state index in [0.29, 0.717) is 19.0 Å². The predicted molar refractivity (Wildman–Crippen MR) is 98.9 cm³/mol. The first kappa shape index (κ1) is 19.1. The summed E-state index contributed by atoms with van der Waals surface area (Å²) < 4.78 is 1.31. The standard InChI is InChI=1S/C18H22N4O2.ClH/c1-18(12-19,14-7-8-14)20-17(24)15-9-10-16(23)22(21-15)11-13-5-3-2-4-6-13;/h2-6,9-10,14H,7-8,11-12,19H2,1H3,(H,20,24);1H. The molecule has 3 N–H and O–H groups in total. The molecule has 0 radical (unpaired) electrons. The minimum Gasteiger partial charge on any atom is -0.344 e. The number of nitrogens with zero attached hydrogens (tertiary/aromatic N) is 2. The number of nitrogens with two attached hydrogens (primary N) is 1. The Labute approximate surface area is 152 Å². The van der Waals surface area contributed by atoms with Crippen molar-refractivity contribution in [2.24, 2.45) is 11.7 Å². The quantitative estimate of drug-likeness (QED) is 0.816. The number of carbonyl (C=O) groups excluding carboxylic acids is 1. The van der Waals surface area contributed by atoms with Crippen LogP contribution in [-0.2, 0) is 6.54 Å². The Balaban J connectivity index is 0.00000225. The van der Waals surface area contributed by atoms with Gasteiger partial charge in [0.05, 0.1) is 12.1 Å². The van der Waals surface area contributed by atoms with Gasteiger partial charge in [0, 0.05) is 12.6 Å². The Morgan fingerprint density at radius 2 is 1.96 bits per heavy atom. The molecule has 1 amide bonds. The van der Waals surface area contributed by atoms with Gasteiger partial charge >= 0.3 is 0 Å². The number of benzene rings is 1. The van der Waals surface area contributed by atoms with E-state index in [-0.39, 0.29) is 29.6 Å². The Kier molecular flexibility index (Phi) is 5.98. The zero-order chi connectivity index (χ0) is 17.2. The summed E-state index contributed by atoms with van der Waals surface area (Å²) in [4.78, 5) is 24.5. The molecule has 1 aliphatic carbocycles. The average Bonchev–Trinajstić information content (AvgIpc) is 3.43. The zero-order valence-electron chi connectivity index (χ0n) is 14.1. The second-order valence-corrected chi connectivity index (χ2v) is 6.55. The van der Waals surface area contributed by atoms with Crippen LogP contribution in [0.25, 0.3) is 0 Å². The molecule has 1 fully saturated rings. The molecule has 1 aromatic heterocycles. The van der Waals surface area contributed by atoms with E-state index in [9.17, 15) is 9.59 Å². The SMILES string of the molecule is CC(CN)(NC(=O)c1ccc(=O)n(Cc2ccccc2)n1)C1CC1.Cl. The van der Waals surface area contributed by atoms with Gasteiger partial charge in [-0.1, -0.05) is 30.3 Å². The van der Waals surface area contributed by atoms with Crippen LogP contribution >= 0.6 is 12.4 Å². The van der Waals surface area contributed by atoms with Gasteiger partial charge in [-0.3, -0.25) is 9.59 Å². The van der Waals surface area contributed by atoms with Gasteiger partial charge in [0.25, 0.3) is 11.5 Å². The first-order valence-corrected chi connectivity index (χ1v) is 8.16. The van der Waals surface area contributed by atoms with Crippen LogP contribution in [0.5, 0.6) is 0 Å². The van der Waals surface area contributed by atoms with Crippen LogP contribution in [0.2, 0.25) is 0 Å². The van der Waals surface area contributed by atoms with Crippen LogP contribution in [0.4, 0.5) is 0 Å². The van der Waals surface area contributed by atoms with Crippen molar-refractivity contribution in [3.8, 4) is 0 Å². The summed E-state index contributed by atoms with van der Waals surface area (Å²) in [6.07, 6.45) is 2.16. The minimum absolute atomic E-state index is 0. The van der Waals surface area contributed by atoms with Crippen molar-refractivity contribution in [3.63, 3.8) is 0 Å². The molecule has 0 saturated heterocycles. The average molecular weight is 363 g/mol. The molecule has 1 heterocycles. The van der Waals surface area contributed by atoms with Crippen LogP contribution in [-0.4, -0.2) is 27.8 Å². The lowest BCUT2D eigenvalue weighted by atomic mass is 9.96. The number of hydrogen-bond donors (Lipinski definition) is 2. The van der Waals surface area contributed by atoms with E-state index >= 15 is 0 Å². The van der Waals surface area contributed by atoms with Crippen molar-refractivity contribution in [2.45, 2.75) is 31.8 Å². The van der Waals surface area contributed by atoms with Crippen LogP contribution in [0.3, 0.4) is 0 Å². The van der Waals surface area contributed by atoms with Crippen molar-refractivity contribution in [2.75, 3.05) is 6.54 Å². The minimum atomic E-state index is -0.418. The third-order valence-corrected chi connectivity index (χ3v) is 4.58. The predicted octanol–water partition coefficient (Wildman–Crippen LogP) is 1.57. The maximum atomic E-state index is 12.5. The number of hydrogen-bond acceptors (Lipinski definition) is 4. The molecule has 6 nitrogen and oxygen atoms in total. The number of carbonyl (C=O) groups is 1. The van der Waals surface area contributed by atoms with Gasteiger partial charge in [-0.15, -0.1) is 12.4 Å². The fourth-order valence-electron chi connectivity index (χ4n) is 2.80. The largest absolute Gasteiger partial charge is 0.344 e. The fraction of sp³-hybridized carbons (Fsp3) is 0.389. The van der Waals surface area contributed by atoms with Crippen molar-refractivity contribution >= 4 is 18.3 Å². The Hall–Kier alpha value is -2.18. The highest BCUT2D eigenvalue weighted by molar-refractivity contribution is 5.92. The second kappa shape index (κ2) is 7.80. The summed E-state index contributed by atoms with van der Waals surface area (Å²) >= 11 is 0. The van der Waals surface area contributed by atoms with E-state index in [4.69, 9.17) is 5.73 Å². The Morgan fingerprint density at radius 3 is 2.56 bits per heavy atom. The highest BCUT2D eigenvalue weighted by Gasteiger charge is 2.41. The normalized spacial score (nSPS) is 15.8. The molecule has 25 heavy (non-hydrogen) atoms. The van der Waals surface area contributed by atoms with E-state index in [0.717, 1.165) is 18.4 Å². The van der Waals surface area contributed by atoms with Gasteiger partial charge < -0.3 is 11.1 Å². The molecule has 0 bridgehead atoms. The van der Waals surface area contributed by atoms with E-state index in [1.54, 1.807) is 0 Å². The molecule has 3 rings (SSSR count). The maximum absolute atomic E-state index is 12.5. The summed E-state index contributed by atoms with van der Waals surface area (Å²) in [5, 5.41) is 7.21. The van der Waals surface area contributed by atoms with E-state index < -0.39 is 5.54 Å². The summed E-state index contributed by atoms with van der Waals surface area (Å²) in [5.41, 5.74) is 6.37. The third kappa shape index (κ3) is 4.46. The number of rotatable bonds is 6. The molecular weight excluding hydrogens is 340 g/mol. The van der Waals surface area contributed by atoms with Crippen LogP contribution in [0.1, 0.15) is 35.8 Å². The molecule has 2 aromatic rings. The zero-order valence-corrected chi connectivity index (χ0v) is 15.0. The van der Waals surface area contributed by atoms with Crippen molar-refractivity contribution in [3.05, 3.63) is 64.1 Å². The van der Waals surface area contributed by atoms with Crippen LogP contribution in [0.15, 0.2) is 47.3 Å². The number of halogens is 1. The molecule has 1 unspecified atom stereocenters. The van der Waals surface area contributed by atoms with Crippen molar-refractivity contribution in [1.29, 1.82) is 0 Å². The monoisotopic (exact) mass is 362 g/mol. The molecule has 134 valence electrons. The van der Waals surface area contributed by atoms with Gasteiger partial charge in [-0.25, -0.2) is 4.68 Å². The maximum Gasteiger partial charge on any atom is 0.272 e. The lowest BCUT2D eigenvalue weighted by Gasteiger charge is -2.29. The Bertz CT molecular complexity index is 789. The third-order valence-electron chi connectivity index (χ3n) is 4.58. The topological polar surface area (TPSA) is 90.0 Å². The summed E-state index contributed by atoms with van der Waals surface area (Å²) in [6.45, 7) is 2.67. The number of aromatic nitrogens is 2. The van der Waals surface area contributed by atoms with E-state index in [1.807, 2.05) is 37.3 Å². The lowest BCUT2D eigenvalue weighted by molar-refractivity contribution is 0.0890. The van der Waals surface area contributed by atoms with Gasteiger partial charge in [0.2, 0.25) is 0 Å². The smallest absolute Gasteiger partial charge is 0.272 e. The molecule has 7 heteroatoms. The van der Waals surface area contributed by atoms with Gasteiger partial charge in [-0.2, -0.15) is 5.10 Å². The van der Waals surface area contributed by atoms with Gasteiger partial charge in [0.1, 0.15) is 5.69 Å². The fourth-order valence-corrected chi connectivity index (χ4v) is 2.80.